The number of H-pyrrole nitrogens is 1. The van der Waals surface area contributed by atoms with Gasteiger partial charge in [0.1, 0.15) is 11.6 Å². The molecule has 11 heteroatoms. The minimum absolute atomic E-state index is 0.0388. The Bertz CT molecular complexity index is 1190. The summed E-state index contributed by atoms with van der Waals surface area (Å²) in [5.41, 5.74) is 1.99. The molecule has 3 aromatic rings. The lowest BCUT2D eigenvalue weighted by molar-refractivity contribution is -0.126. The van der Waals surface area contributed by atoms with Gasteiger partial charge in [0.15, 0.2) is 11.6 Å². The van der Waals surface area contributed by atoms with E-state index >= 15 is 0 Å². The summed E-state index contributed by atoms with van der Waals surface area (Å²) in [5, 5.41) is 21.4. The highest BCUT2D eigenvalue weighted by Crippen LogP contribution is 2.39. The van der Waals surface area contributed by atoms with Gasteiger partial charge in [-0.05, 0) is 44.2 Å². The number of nitrogens with one attached hydrogen (secondary N) is 4. The molecule has 1 aliphatic carbocycles. The predicted octanol–water partition coefficient (Wildman–Crippen LogP) is 1.44. The Morgan fingerprint density at radius 3 is 2.94 bits per heavy atom. The Morgan fingerprint density at radius 1 is 1.21 bits per heavy atom. The van der Waals surface area contributed by atoms with Crippen LogP contribution in [0.5, 0.6) is 0 Å². The number of nitrogens with zero attached hydrogens (tertiary/aromatic N) is 5. The van der Waals surface area contributed by atoms with Crippen molar-refractivity contribution in [2.75, 3.05) is 23.3 Å². The van der Waals surface area contributed by atoms with E-state index in [1.807, 2.05) is 29.3 Å². The number of anilines is 3. The molecule has 0 unspecified atom stereocenters. The van der Waals surface area contributed by atoms with E-state index in [1.54, 1.807) is 4.52 Å². The third-order valence-corrected chi connectivity index (χ3v) is 6.67. The third-order valence-electron chi connectivity index (χ3n) is 6.67. The van der Waals surface area contributed by atoms with Gasteiger partial charge in [-0.15, -0.1) is 5.10 Å². The van der Waals surface area contributed by atoms with E-state index < -0.39 is 0 Å². The van der Waals surface area contributed by atoms with E-state index in [9.17, 15) is 9.59 Å². The van der Waals surface area contributed by atoms with Crippen LogP contribution in [0.4, 0.5) is 17.6 Å². The smallest absolute Gasteiger partial charge is 0.246 e. The van der Waals surface area contributed by atoms with Gasteiger partial charge in [-0.2, -0.15) is 10.1 Å². The summed E-state index contributed by atoms with van der Waals surface area (Å²) in [5.74, 6) is 2.47. The van der Waals surface area contributed by atoms with Crippen molar-refractivity contribution < 1.29 is 9.59 Å². The number of fused-ring (bicyclic) bond motifs is 1. The zero-order valence-electron chi connectivity index (χ0n) is 18.3. The van der Waals surface area contributed by atoms with Crippen LogP contribution >= 0.6 is 0 Å². The molecule has 1 saturated carbocycles. The summed E-state index contributed by atoms with van der Waals surface area (Å²) in [6, 6.07) is 5.53. The number of hydrogen-bond acceptors (Lipinski definition) is 7. The van der Waals surface area contributed by atoms with Crippen LogP contribution in [0, 0.1) is 0 Å². The molecule has 0 spiro atoms. The molecule has 11 nitrogen and oxygen atoms in total. The minimum Gasteiger partial charge on any atom is -0.354 e. The molecule has 2 atom stereocenters. The molecule has 0 radical (unpaired) electrons. The van der Waals surface area contributed by atoms with Gasteiger partial charge in [0, 0.05) is 49.4 Å². The molecule has 3 aliphatic rings. The first-order chi connectivity index (χ1) is 16.1. The quantitative estimate of drug-likeness (QED) is 0.448. The first kappa shape index (κ1) is 20.0. The molecule has 2 saturated heterocycles. The Labute approximate surface area is 190 Å². The van der Waals surface area contributed by atoms with Gasteiger partial charge < -0.3 is 20.9 Å². The van der Waals surface area contributed by atoms with Gasteiger partial charge in [-0.1, -0.05) is 0 Å². The maximum atomic E-state index is 13.1. The maximum Gasteiger partial charge on any atom is 0.246 e. The molecule has 2 amide bonds. The summed E-state index contributed by atoms with van der Waals surface area (Å²) >= 11 is 0. The van der Waals surface area contributed by atoms with Gasteiger partial charge >= 0.3 is 0 Å². The lowest BCUT2D eigenvalue weighted by Crippen LogP contribution is -2.52. The van der Waals surface area contributed by atoms with Crippen LogP contribution < -0.4 is 20.9 Å². The molecular weight excluding hydrogens is 422 g/mol. The summed E-state index contributed by atoms with van der Waals surface area (Å²) in [6.45, 7) is 1.18. The number of piperidine rings is 1. The third kappa shape index (κ3) is 3.98. The molecule has 2 aliphatic heterocycles. The molecule has 0 bridgehead atoms. The number of amides is 2. The lowest BCUT2D eigenvalue weighted by atomic mass is 10.1. The summed E-state index contributed by atoms with van der Waals surface area (Å²) in [7, 11) is 0. The highest BCUT2D eigenvalue weighted by molar-refractivity contribution is 5.86. The second-order valence-corrected chi connectivity index (χ2v) is 9.11. The van der Waals surface area contributed by atoms with Gasteiger partial charge in [0.25, 0.3) is 0 Å². The first-order valence-corrected chi connectivity index (χ1v) is 11.7. The Kier molecular flexibility index (Phi) is 4.88. The Hall–Kier alpha value is -3.63. The van der Waals surface area contributed by atoms with Crippen LogP contribution in [0.3, 0.4) is 0 Å². The van der Waals surface area contributed by atoms with E-state index in [-0.39, 0.29) is 23.9 Å². The number of rotatable bonds is 6. The van der Waals surface area contributed by atoms with Crippen LogP contribution in [0.15, 0.2) is 24.4 Å². The van der Waals surface area contributed by atoms with Gasteiger partial charge in [-0.25, -0.2) is 4.52 Å². The second kappa shape index (κ2) is 8.05. The average Bonchev–Trinajstić information content (AvgIpc) is 3.20. The number of carbonyl (C=O) groups excluding carboxylic acids is 2. The van der Waals surface area contributed by atoms with E-state index in [4.69, 9.17) is 4.98 Å². The van der Waals surface area contributed by atoms with Crippen molar-refractivity contribution in [2.24, 2.45) is 0 Å². The van der Waals surface area contributed by atoms with Crippen molar-refractivity contribution in [3.63, 3.8) is 0 Å². The fourth-order valence-corrected chi connectivity index (χ4v) is 4.69. The molecule has 3 fully saturated rings. The highest BCUT2D eigenvalue weighted by Gasteiger charge is 2.35. The van der Waals surface area contributed by atoms with Crippen LogP contribution in [0.1, 0.15) is 50.1 Å². The molecule has 5 heterocycles. The SMILES string of the molecule is O=C1CC[C@H](NC(=O)[C@@H]2CCCN2c2nc(Nc3cc(C4CC4)[nH]n3)c3cccn3n2)CN1. The fourth-order valence-electron chi connectivity index (χ4n) is 4.69. The van der Waals surface area contributed by atoms with Crippen molar-refractivity contribution >= 4 is 34.9 Å². The summed E-state index contributed by atoms with van der Waals surface area (Å²) in [6.07, 6.45) is 7.02. The molecule has 6 rings (SSSR count). The van der Waals surface area contributed by atoms with Crippen LogP contribution in [0.2, 0.25) is 0 Å². The van der Waals surface area contributed by atoms with E-state index in [2.05, 4.69) is 31.2 Å². The van der Waals surface area contributed by atoms with Gasteiger partial charge in [-0.3, -0.25) is 14.7 Å². The molecule has 3 aromatic heterocycles. The van der Waals surface area contributed by atoms with Crippen LogP contribution in [-0.2, 0) is 9.59 Å². The van der Waals surface area contributed by atoms with Gasteiger partial charge in [0.2, 0.25) is 17.8 Å². The highest BCUT2D eigenvalue weighted by atomic mass is 16.2. The van der Waals surface area contributed by atoms with E-state index in [1.165, 1.54) is 12.8 Å². The number of aromatic amines is 1. The average molecular weight is 450 g/mol. The molecule has 4 N–H and O–H groups in total. The van der Waals surface area contributed by atoms with Crippen molar-refractivity contribution in [2.45, 2.75) is 56.5 Å². The zero-order valence-corrected chi connectivity index (χ0v) is 18.3. The van der Waals surface area contributed by atoms with Crippen LogP contribution in [-0.4, -0.2) is 61.8 Å². The zero-order chi connectivity index (χ0) is 22.4. The van der Waals surface area contributed by atoms with Gasteiger partial charge in [0.05, 0.1) is 0 Å². The Balaban J connectivity index is 1.23. The molecule has 0 aromatic carbocycles. The number of aromatic nitrogens is 5. The summed E-state index contributed by atoms with van der Waals surface area (Å²) < 4.78 is 1.78. The Morgan fingerprint density at radius 2 is 2.12 bits per heavy atom. The second-order valence-electron chi connectivity index (χ2n) is 9.11. The molecule has 33 heavy (non-hydrogen) atoms. The largest absolute Gasteiger partial charge is 0.354 e. The van der Waals surface area contributed by atoms with Crippen molar-refractivity contribution in [1.82, 2.24) is 35.4 Å². The van der Waals surface area contributed by atoms with E-state index in [0.29, 0.717) is 43.6 Å². The monoisotopic (exact) mass is 449 g/mol. The topological polar surface area (TPSA) is 132 Å². The molecule has 172 valence electrons. The number of hydrogen-bond donors (Lipinski definition) is 4. The predicted molar refractivity (Wildman–Crippen MR) is 121 cm³/mol. The normalized spacial score (nSPS) is 23.0. The van der Waals surface area contributed by atoms with Crippen LogP contribution in [0.25, 0.3) is 5.52 Å². The lowest BCUT2D eigenvalue weighted by Gasteiger charge is -2.28. The number of carbonyl (C=O) groups is 2. The summed E-state index contributed by atoms with van der Waals surface area (Å²) in [4.78, 5) is 31.3. The minimum atomic E-state index is -0.338. The standard InChI is InChI=1S/C22H27N9O2/c32-19-8-7-14(12-23-19)24-21(33)17-4-1-9-30(17)22-26-20(16-3-2-10-31(16)29-22)25-18-11-15(27-28-18)13-5-6-13/h2-3,10-11,13-14,17H,1,4-9,12H2,(H,23,32)(H,24,33)(H2,25,26,27,28,29)/t14-,17-/m0/s1. The maximum absolute atomic E-state index is 13.1. The van der Waals surface area contributed by atoms with Crippen molar-refractivity contribution in [1.29, 1.82) is 0 Å². The van der Waals surface area contributed by atoms with Crippen molar-refractivity contribution in [3.8, 4) is 0 Å². The van der Waals surface area contributed by atoms with Crippen molar-refractivity contribution in [3.05, 3.63) is 30.1 Å². The van der Waals surface area contributed by atoms with E-state index in [0.717, 1.165) is 29.9 Å². The molecular formula is C22H27N9O2. The first-order valence-electron chi connectivity index (χ1n) is 11.7. The fraction of sp³-hybridized carbons (Fsp3) is 0.500.